The molecule has 22 heteroatoms. The number of hydrogen-bond acceptors (Lipinski definition) is 10. The van der Waals surface area contributed by atoms with E-state index in [9.17, 15) is 36.3 Å². The molecule has 0 aliphatic carbocycles. The Labute approximate surface area is 282 Å². The molecule has 0 spiro atoms. The van der Waals surface area contributed by atoms with E-state index in [0.29, 0.717) is 27.5 Å². The number of ether oxygens (including phenoxy) is 1. The van der Waals surface area contributed by atoms with Gasteiger partial charge < -0.3 is 30.8 Å². The molecule has 2 bridgehead atoms. The summed E-state index contributed by atoms with van der Waals surface area (Å²) in [5, 5.41) is 28.5. The number of nitrogens with one attached hydrogen (secondary N) is 5. The van der Waals surface area contributed by atoms with E-state index < -0.39 is 48.6 Å². The zero-order valence-corrected chi connectivity index (χ0v) is 26.0. The first-order valence-corrected chi connectivity index (χ1v) is 14.2. The number of anilines is 2. The number of alkyl halides is 5. The third-order valence-electron chi connectivity index (χ3n) is 6.53. The lowest BCUT2D eigenvalue weighted by Gasteiger charge is -2.22. The third kappa shape index (κ3) is 9.49. The first kappa shape index (κ1) is 36.7. The van der Waals surface area contributed by atoms with Crippen molar-refractivity contribution in [2.24, 2.45) is 0 Å². The largest absolute Gasteiger partial charge is 0.490 e. The van der Waals surface area contributed by atoms with Crippen molar-refractivity contribution in [3.8, 4) is 16.9 Å². The average molecular weight is 727 g/mol. The van der Waals surface area contributed by atoms with Crippen LogP contribution in [0.15, 0.2) is 55.0 Å². The molecule has 1 aliphatic rings. The van der Waals surface area contributed by atoms with Gasteiger partial charge in [-0.3, -0.25) is 14.9 Å². The Hall–Kier alpha value is -6.12. The van der Waals surface area contributed by atoms with Crippen molar-refractivity contribution in [2.45, 2.75) is 18.1 Å². The van der Waals surface area contributed by atoms with E-state index >= 15 is 0 Å². The topological polar surface area (TPSA) is 218 Å². The normalized spacial score (nSPS) is 15.5. The van der Waals surface area contributed by atoms with E-state index in [-0.39, 0.29) is 23.7 Å². The van der Waals surface area contributed by atoms with Crippen LogP contribution in [-0.2, 0) is 19.1 Å². The standard InChI is InChI=1S/C26H23ClF2N10O4.C2HF3O2/c1-43-25(42)34-16-4-5-17-18(9-16)32-12-26(28,29)24(41)31-11-20(23-30-10-19(17)36-23)35-22(40)7-2-14-8-15(27)3-6-21(14)39-13-33-37-38-39;3-2(4,5)1(6)7/h2-10,13,20,32H,11-12H2,1H3,(H,30,36)(H,31,41)(H,34,42)(H,35,40);(H,6,7)/b7-2+;/t20-;/m0./s1. The molecule has 0 saturated carbocycles. The fourth-order valence-corrected chi connectivity index (χ4v) is 4.35. The van der Waals surface area contributed by atoms with Crippen LogP contribution in [0.2, 0.25) is 5.02 Å². The van der Waals surface area contributed by atoms with Crippen LogP contribution < -0.4 is 21.3 Å². The predicted molar refractivity (Wildman–Crippen MR) is 164 cm³/mol. The Kier molecular flexibility index (Phi) is 11.3. The van der Waals surface area contributed by atoms with Gasteiger partial charge in [0.1, 0.15) is 18.2 Å². The number of carbonyl (C=O) groups excluding carboxylic acids is 3. The maximum atomic E-state index is 14.8. The van der Waals surface area contributed by atoms with E-state index in [4.69, 9.17) is 21.5 Å². The molecule has 3 heterocycles. The van der Waals surface area contributed by atoms with Crippen molar-refractivity contribution in [1.29, 1.82) is 0 Å². The molecular weight excluding hydrogens is 703 g/mol. The van der Waals surface area contributed by atoms with Crippen LogP contribution >= 0.6 is 11.6 Å². The monoisotopic (exact) mass is 726 g/mol. The van der Waals surface area contributed by atoms with Gasteiger partial charge in [0, 0.05) is 40.1 Å². The number of aromatic nitrogens is 6. The lowest BCUT2D eigenvalue weighted by Crippen LogP contribution is -2.47. The second kappa shape index (κ2) is 15.4. The van der Waals surface area contributed by atoms with Gasteiger partial charge >= 0.3 is 24.2 Å². The number of fused-ring (bicyclic) bond motifs is 4. The molecule has 6 N–H and O–H groups in total. The van der Waals surface area contributed by atoms with Crippen molar-refractivity contribution in [2.75, 3.05) is 30.8 Å². The van der Waals surface area contributed by atoms with Crippen LogP contribution in [0.25, 0.3) is 23.0 Å². The lowest BCUT2D eigenvalue weighted by atomic mass is 10.1. The van der Waals surface area contributed by atoms with Crippen LogP contribution in [0.5, 0.6) is 0 Å². The number of aliphatic carboxylic acids is 1. The number of imidazole rings is 1. The van der Waals surface area contributed by atoms with Crippen molar-refractivity contribution in [3.05, 3.63) is 71.4 Å². The number of carboxylic acid groups (broad SMARTS) is 1. The number of tetrazole rings is 1. The summed E-state index contributed by atoms with van der Waals surface area (Å²) >= 11 is 6.13. The number of H-pyrrole nitrogens is 1. The number of amides is 3. The molecule has 1 aliphatic heterocycles. The fourth-order valence-electron chi connectivity index (χ4n) is 4.17. The summed E-state index contributed by atoms with van der Waals surface area (Å²) in [6.45, 7) is -1.43. The number of benzene rings is 2. The Morgan fingerprint density at radius 2 is 1.90 bits per heavy atom. The molecule has 16 nitrogen and oxygen atoms in total. The van der Waals surface area contributed by atoms with Crippen LogP contribution in [0.4, 0.5) is 38.1 Å². The molecule has 3 amide bonds. The molecule has 0 unspecified atom stereocenters. The van der Waals surface area contributed by atoms with E-state index in [1.54, 1.807) is 24.3 Å². The van der Waals surface area contributed by atoms with Gasteiger partial charge in [0.15, 0.2) is 0 Å². The number of aromatic amines is 1. The van der Waals surface area contributed by atoms with Gasteiger partial charge in [-0.15, -0.1) is 5.10 Å². The molecular formula is C28H24ClF5N10O6. The Bertz CT molecular complexity index is 1900. The van der Waals surface area contributed by atoms with Gasteiger partial charge in [-0.05, 0) is 52.9 Å². The number of halogens is 6. The molecule has 5 rings (SSSR count). The summed E-state index contributed by atoms with van der Waals surface area (Å²) < 4.78 is 67.3. The van der Waals surface area contributed by atoms with Crippen LogP contribution in [0.3, 0.4) is 0 Å². The molecule has 4 aromatic rings. The second-order valence-electron chi connectivity index (χ2n) is 9.98. The maximum Gasteiger partial charge on any atom is 0.490 e. The molecule has 0 saturated heterocycles. The summed E-state index contributed by atoms with van der Waals surface area (Å²) in [6, 6.07) is 8.42. The fraction of sp³-hybridized carbons (Fsp3) is 0.214. The SMILES string of the molecule is COC(=O)Nc1ccc2c(c1)NCC(F)(F)C(=O)NC[C@H](NC(=O)/C=C/c1cc(Cl)ccc1-n1cnnn1)c1ncc-2[nH]1.O=C(O)C(F)(F)F. The molecule has 2 aromatic heterocycles. The summed E-state index contributed by atoms with van der Waals surface area (Å²) in [5.74, 6) is -8.55. The predicted octanol–water partition coefficient (Wildman–Crippen LogP) is 3.57. The Morgan fingerprint density at radius 3 is 2.56 bits per heavy atom. The minimum absolute atomic E-state index is 0.181. The Balaban J connectivity index is 0.000000727. The quantitative estimate of drug-likeness (QED) is 0.129. The van der Waals surface area contributed by atoms with Crippen LogP contribution in [0.1, 0.15) is 17.4 Å². The highest BCUT2D eigenvalue weighted by atomic mass is 35.5. The first-order chi connectivity index (χ1) is 23.6. The van der Waals surface area contributed by atoms with Crippen molar-refractivity contribution in [1.82, 2.24) is 40.8 Å². The van der Waals surface area contributed by atoms with Crippen LogP contribution in [-0.4, -0.2) is 91.5 Å². The van der Waals surface area contributed by atoms with Gasteiger partial charge in [-0.1, -0.05) is 11.6 Å². The zero-order chi connectivity index (χ0) is 36.6. The number of carbonyl (C=O) groups is 4. The van der Waals surface area contributed by atoms with Gasteiger partial charge in [0.2, 0.25) is 5.91 Å². The van der Waals surface area contributed by atoms with Crippen molar-refractivity contribution < 1.29 is 51.0 Å². The third-order valence-corrected chi connectivity index (χ3v) is 6.76. The first-order valence-electron chi connectivity index (χ1n) is 13.8. The summed E-state index contributed by atoms with van der Waals surface area (Å²) in [5.41, 5.74) is 2.36. The van der Waals surface area contributed by atoms with Gasteiger partial charge in [0.25, 0.3) is 5.91 Å². The number of rotatable bonds is 5. The average Bonchev–Trinajstić information content (AvgIpc) is 3.78. The van der Waals surface area contributed by atoms with E-state index in [0.717, 1.165) is 0 Å². The molecule has 2 aromatic carbocycles. The van der Waals surface area contributed by atoms with Crippen molar-refractivity contribution in [3.63, 3.8) is 0 Å². The minimum Gasteiger partial charge on any atom is -0.475 e. The molecule has 50 heavy (non-hydrogen) atoms. The van der Waals surface area contributed by atoms with Crippen molar-refractivity contribution >= 4 is 52.9 Å². The van der Waals surface area contributed by atoms with Crippen LogP contribution in [0, 0.1) is 0 Å². The lowest BCUT2D eigenvalue weighted by molar-refractivity contribution is -0.192. The maximum absolute atomic E-state index is 14.8. The zero-order valence-electron chi connectivity index (χ0n) is 25.3. The molecule has 264 valence electrons. The van der Waals surface area contributed by atoms with E-state index in [1.165, 1.54) is 48.6 Å². The van der Waals surface area contributed by atoms with Gasteiger partial charge in [-0.25, -0.2) is 14.6 Å². The Morgan fingerprint density at radius 1 is 1.16 bits per heavy atom. The van der Waals surface area contributed by atoms with E-state index in [1.807, 2.05) is 0 Å². The number of carboxylic acids is 1. The number of hydrogen-bond donors (Lipinski definition) is 6. The highest BCUT2D eigenvalue weighted by Gasteiger charge is 2.40. The molecule has 1 atom stereocenters. The molecule has 0 radical (unpaired) electrons. The highest BCUT2D eigenvalue weighted by Crippen LogP contribution is 2.32. The van der Waals surface area contributed by atoms with Gasteiger partial charge in [-0.2, -0.15) is 26.6 Å². The number of methoxy groups -OCH3 is 1. The second-order valence-corrected chi connectivity index (χ2v) is 10.4. The smallest absolute Gasteiger partial charge is 0.475 e. The van der Waals surface area contributed by atoms with Gasteiger partial charge in [0.05, 0.1) is 31.2 Å². The summed E-state index contributed by atoms with van der Waals surface area (Å²) in [6.07, 6.45) is -0.305. The van der Waals surface area contributed by atoms with E-state index in [2.05, 4.69) is 51.5 Å². The summed E-state index contributed by atoms with van der Waals surface area (Å²) in [7, 11) is 1.18. The summed E-state index contributed by atoms with van der Waals surface area (Å²) in [4.78, 5) is 53.4. The highest BCUT2D eigenvalue weighted by molar-refractivity contribution is 6.30. The number of nitrogens with zero attached hydrogens (tertiary/aromatic N) is 5. The molecule has 0 fully saturated rings. The minimum atomic E-state index is -5.08.